The fourth-order valence-electron chi connectivity index (χ4n) is 1.55. The molecule has 0 amide bonds. The predicted octanol–water partition coefficient (Wildman–Crippen LogP) is 2.95. The minimum absolute atomic E-state index is 0.146. The minimum Gasteiger partial charge on any atom is -0.239 e. The quantitative estimate of drug-likeness (QED) is 0.456. The minimum atomic E-state index is -1.06. The van der Waals surface area contributed by atoms with E-state index in [1.165, 1.54) is 0 Å². The van der Waals surface area contributed by atoms with Crippen LogP contribution in [-0.4, -0.2) is 5.67 Å². The standard InChI is InChI=1S/C9H15F/c1-6-5-7(2)9(4,10)8(6)3/h5-6,8H,1-4H3. The second-order valence-electron chi connectivity index (χ2n) is 3.57. The molecule has 0 aromatic carbocycles. The maximum absolute atomic E-state index is 13.6. The number of rotatable bonds is 0. The monoisotopic (exact) mass is 142 g/mol. The lowest BCUT2D eigenvalue weighted by molar-refractivity contribution is 0.152. The van der Waals surface area contributed by atoms with E-state index in [1.807, 2.05) is 19.9 Å². The van der Waals surface area contributed by atoms with Gasteiger partial charge in [0.15, 0.2) is 0 Å². The van der Waals surface area contributed by atoms with Crippen LogP contribution in [0.5, 0.6) is 0 Å². The highest BCUT2D eigenvalue weighted by Crippen LogP contribution is 2.41. The molecule has 0 aliphatic heterocycles. The van der Waals surface area contributed by atoms with Gasteiger partial charge in [0.25, 0.3) is 0 Å². The molecule has 0 saturated carbocycles. The highest BCUT2D eigenvalue weighted by molar-refractivity contribution is 5.23. The van der Waals surface area contributed by atoms with Crippen molar-refractivity contribution >= 4 is 0 Å². The van der Waals surface area contributed by atoms with Crippen LogP contribution in [0.4, 0.5) is 4.39 Å². The molecular weight excluding hydrogens is 127 g/mol. The lowest BCUT2D eigenvalue weighted by Gasteiger charge is -2.23. The number of halogens is 1. The first-order valence-corrected chi connectivity index (χ1v) is 3.84. The van der Waals surface area contributed by atoms with Gasteiger partial charge < -0.3 is 0 Å². The van der Waals surface area contributed by atoms with Crippen LogP contribution in [0.2, 0.25) is 0 Å². The van der Waals surface area contributed by atoms with Gasteiger partial charge in [0, 0.05) is 0 Å². The van der Waals surface area contributed by atoms with Gasteiger partial charge in [0.05, 0.1) is 0 Å². The Morgan fingerprint density at radius 2 is 2.00 bits per heavy atom. The van der Waals surface area contributed by atoms with Gasteiger partial charge in [-0.2, -0.15) is 0 Å². The van der Waals surface area contributed by atoms with Gasteiger partial charge in [0.2, 0.25) is 0 Å². The summed E-state index contributed by atoms with van der Waals surface area (Å²) in [6, 6.07) is 0. The SMILES string of the molecule is CC1=CC(C)C(C)C1(C)F. The second kappa shape index (κ2) is 2.08. The highest BCUT2D eigenvalue weighted by Gasteiger charge is 2.40. The lowest BCUT2D eigenvalue weighted by atomic mass is 9.88. The maximum Gasteiger partial charge on any atom is 0.132 e. The number of allylic oxidation sites excluding steroid dienone is 2. The Morgan fingerprint density at radius 1 is 1.50 bits per heavy atom. The van der Waals surface area contributed by atoms with Crippen molar-refractivity contribution in [2.24, 2.45) is 11.8 Å². The molecule has 58 valence electrons. The average molecular weight is 142 g/mol. The molecule has 1 aliphatic rings. The summed E-state index contributed by atoms with van der Waals surface area (Å²) in [6.07, 6.45) is 2.03. The molecular formula is C9H15F. The Balaban J connectivity index is 2.89. The molecule has 1 heteroatoms. The van der Waals surface area contributed by atoms with Crippen LogP contribution in [0.15, 0.2) is 11.6 Å². The summed E-state index contributed by atoms with van der Waals surface area (Å²) in [5.74, 6) is 0.544. The molecule has 1 aliphatic carbocycles. The van der Waals surface area contributed by atoms with Crippen molar-refractivity contribution < 1.29 is 4.39 Å². The summed E-state index contributed by atoms with van der Waals surface area (Å²) < 4.78 is 13.6. The van der Waals surface area contributed by atoms with Crippen molar-refractivity contribution in [1.82, 2.24) is 0 Å². The zero-order valence-corrected chi connectivity index (χ0v) is 7.11. The van der Waals surface area contributed by atoms with Crippen molar-refractivity contribution in [3.63, 3.8) is 0 Å². The number of hydrogen-bond donors (Lipinski definition) is 0. The van der Waals surface area contributed by atoms with E-state index in [2.05, 4.69) is 6.92 Å². The molecule has 0 aromatic heterocycles. The third kappa shape index (κ3) is 0.882. The Bertz CT molecular complexity index is 168. The van der Waals surface area contributed by atoms with Crippen LogP contribution >= 0.6 is 0 Å². The van der Waals surface area contributed by atoms with Gasteiger partial charge in [-0.05, 0) is 31.3 Å². The van der Waals surface area contributed by atoms with Crippen molar-refractivity contribution in [2.45, 2.75) is 33.4 Å². The highest BCUT2D eigenvalue weighted by atomic mass is 19.1. The molecule has 0 bridgehead atoms. The third-order valence-corrected chi connectivity index (χ3v) is 2.93. The smallest absolute Gasteiger partial charge is 0.132 e. The number of alkyl halides is 1. The third-order valence-electron chi connectivity index (χ3n) is 2.93. The van der Waals surface area contributed by atoms with Crippen molar-refractivity contribution in [1.29, 1.82) is 0 Å². The first kappa shape index (κ1) is 7.77. The molecule has 0 aromatic rings. The summed E-state index contributed by atoms with van der Waals surface area (Å²) in [5.41, 5.74) is -0.160. The van der Waals surface area contributed by atoms with Crippen LogP contribution in [0, 0.1) is 11.8 Å². The molecule has 0 saturated heterocycles. The molecule has 0 N–H and O–H groups in total. The Hall–Kier alpha value is -0.330. The van der Waals surface area contributed by atoms with Crippen LogP contribution < -0.4 is 0 Å². The topological polar surface area (TPSA) is 0 Å². The maximum atomic E-state index is 13.6. The van der Waals surface area contributed by atoms with Crippen LogP contribution in [0.1, 0.15) is 27.7 Å². The van der Waals surface area contributed by atoms with Crippen molar-refractivity contribution in [3.8, 4) is 0 Å². The van der Waals surface area contributed by atoms with Crippen LogP contribution in [0.25, 0.3) is 0 Å². The van der Waals surface area contributed by atoms with E-state index in [-0.39, 0.29) is 5.92 Å². The fraction of sp³-hybridized carbons (Fsp3) is 0.778. The molecule has 0 radical (unpaired) electrons. The molecule has 1 rings (SSSR count). The van der Waals surface area contributed by atoms with Gasteiger partial charge in [0.1, 0.15) is 5.67 Å². The Kier molecular flexibility index (Phi) is 1.61. The van der Waals surface area contributed by atoms with E-state index in [0.29, 0.717) is 5.92 Å². The van der Waals surface area contributed by atoms with E-state index < -0.39 is 5.67 Å². The first-order chi connectivity index (χ1) is 4.46. The molecule has 3 atom stereocenters. The Morgan fingerprint density at radius 3 is 2.10 bits per heavy atom. The molecule has 10 heavy (non-hydrogen) atoms. The summed E-state index contributed by atoms with van der Waals surface area (Å²) in [5, 5.41) is 0. The van der Waals surface area contributed by atoms with Gasteiger partial charge in [-0.25, -0.2) is 4.39 Å². The zero-order chi connectivity index (χ0) is 7.94. The number of hydrogen-bond acceptors (Lipinski definition) is 0. The van der Waals surface area contributed by atoms with Crippen molar-refractivity contribution in [2.75, 3.05) is 0 Å². The van der Waals surface area contributed by atoms with E-state index in [0.717, 1.165) is 5.57 Å². The average Bonchev–Trinajstić information content (AvgIpc) is 1.97. The van der Waals surface area contributed by atoms with Crippen LogP contribution in [-0.2, 0) is 0 Å². The fourth-order valence-corrected chi connectivity index (χ4v) is 1.55. The van der Waals surface area contributed by atoms with Gasteiger partial charge in [-0.1, -0.05) is 19.9 Å². The van der Waals surface area contributed by atoms with Crippen molar-refractivity contribution in [3.05, 3.63) is 11.6 Å². The molecule has 0 nitrogen and oxygen atoms in total. The summed E-state index contributed by atoms with van der Waals surface area (Å²) in [7, 11) is 0. The largest absolute Gasteiger partial charge is 0.239 e. The van der Waals surface area contributed by atoms with E-state index in [9.17, 15) is 4.39 Å². The Labute approximate surface area is 62.1 Å². The zero-order valence-electron chi connectivity index (χ0n) is 7.11. The molecule has 3 unspecified atom stereocenters. The molecule has 0 spiro atoms. The second-order valence-corrected chi connectivity index (χ2v) is 3.57. The summed E-state index contributed by atoms with van der Waals surface area (Å²) in [4.78, 5) is 0. The lowest BCUT2D eigenvalue weighted by Crippen LogP contribution is -2.26. The van der Waals surface area contributed by atoms with Gasteiger partial charge in [-0.3, -0.25) is 0 Å². The van der Waals surface area contributed by atoms with E-state index in [1.54, 1.807) is 6.92 Å². The first-order valence-electron chi connectivity index (χ1n) is 3.84. The molecule has 0 fully saturated rings. The summed E-state index contributed by atoms with van der Waals surface area (Å²) in [6.45, 7) is 7.59. The summed E-state index contributed by atoms with van der Waals surface area (Å²) >= 11 is 0. The van der Waals surface area contributed by atoms with Crippen LogP contribution in [0.3, 0.4) is 0 Å². The predicted molar refractivity (Wildman–Crippen MR) is 41.6 cm³/mol. The molecule has 0 heterocycles. The van der Waals surface area contributed by atoms with E-state index >= 15 is 0 Å². The van der Waals surface area contributed by atoms with E-state index in [4.69, 9.17) is 0 Å². The van der Waals surface area contributed by atoms with Gasteiger partial charge >= 0.3 is 0 Å². The normalized spacial score (nSPS) is 47.5. The van der Waals surface area contributed by atoms with Gasteiger partial charge in [-0.15, -0.1) is 0 Å².